The first-order chi connectivity index (χ1) is 27.0. The van der Waals surface area contributed by atoms with E-state index >= 15 is 0 Å². The van der Waals surface area contributed by atoms with Crippen LogP contribution < -0.4 is 19.3 Å². The lowest BCUT2D eigenvalue weighted by molar-refractivity contribution is -0.0306. The van der Waals surface area contributed by atoms with Gasteiger partial charge in [0.05, 0.1) is 44.1 Å². The van der Waals surface area contributed by atoms with E-state index in [1.807, 2.05) is 72.8 Å². The summed E-state index contributed by atoms with van der Waals surface area (Å²) in [5.74, 6) is 0.928. The molecule has 12 nitrogen and oxygen atoms in total. The minimum Gasteiger partial charge on any atom is -0.490 e. The second-order valence-electron chi connectivity index (χ2n) is 14.1. The summed E-state index contributed by atoms with van der Waals surface area (Å²) in [4.78, 5) is 22.7. The maximum absolute atomic E-state index is 13.8. The monoisotopic (exact) mass is 750 g/mol. The molecule has 2 fully saturated rings. The minimum absolute atomic E-state index is 0.0517. The number of amides is 1. The van der Waals surface area contributed by atoms with Gasteiger partial charge in [-0.05, 0) is 71.1 Å². The summed E-state index contributed by atoms with van der Waals surface area (Å²) in [5, 5.41) is 4.20. The summed E-state index contributed by atoms with van der Waals surface area (Å²) in [6, 6.07) is 29.4. The number of hydrogen-bond acceptors (Lipinski definition) is 9. The highest BCUT2D eigenvalue weighted by Crippen LogP contribution is 2.37. The van der Waals surface area contributed by atoms with E-state index in [2.05, 4.69) is 25.9 Å². The maximum atomic E-state index is 13.8. The third-order valence-corrected chi connectivity index (χ3v) is 10.4. The van der Waals surface area contributed by atoms with Gasteiger partial charge in [-0.15, -0.1) is 0 Å². The second-order valence-corrected chi connectivity index (χ2v) is 14.1. The second kappa shape index (κ2) is 18.2. The number of hydrogen-bond donors (Lipinski definition) is 0. The first-order valence-corrected chi connectivity index (χ1v) is 18.9. The van der Waals surface area contributed by atoms with Crippen molar-refractivity contribution in [3.63, 3.8) is 0 Å². The Kier molecular flexibility index (Phi) is 12.5. The predicted octanol–water partition coefficient (Wildman–Crippen LogP) is 7.72. The molecule has 3 heterocycles. The number of azide groups is 1. The van der Waals surface area contributed by atoms with Gasteiger partial charge >= 0.3 is 6.09 Å². The summed E-state index contributed by atoms with van der Waals surface area (Å²) in [5.41, 5.74) is 14.3. The molecule has 7 rings (SSSR count). The molecule has 2 saturated heterocycles. The Morgan fingerprint density at radius 1 is 0.945 bits per heavy atom. The van der Waals surface area contributed by atoms with E-state index in [0.717, 1.165) is 66.3 Å². The van der Waals surface area contributed by atoms with Crippen LogP contribution in [0, 0.1) is 5.82 Å². The number of halogens is 1. The number of carbonyl (C=O) groups is 1. The van der Waals surface area contributed by atoms with Gasteiger partial charge in [-0.1, -0.05) is 59.7 Å². The van der Waals surface area contributed by atoms with Crippen LogP contribution >= 0.6 is 0 Å². The largest absolute Gasteiger partial charge is 0.490 e. The Labute approximate surface area is 320 Å². The van der Waals surface area contributed by atoms with Gasteiger partial charge in [0, 0.05) is 56.3 Å². The van der Waals surface area contributed by atoms with E-state index in [1.165, 1.54) is 6.07 Å². The summed E-state index contributed by atoms with van der Waals surface area (Å²) >= 11 is 0. The van der Waals surface area contributed by atoms with E-state index in [9.17, 15) is 14.7 Å². The molecule has 0 spiro atoms. The van der Waals surface area contributed by atoms with Crippen LogP contribution in [0.15, 0.2) is 102 Å². The van der Waals surface area contributed by atoms with Crippen molar-refractivity contribution in [2.75, 3.05) is 69.4 Å². The standard InChI is InChI=1S/C42H47FN6O6/c1-51-21-6-18-47-20-22-52-39-16-11-31(23-38(39)47)29-53-40-27-49(42(50)54-28-30-7-3-2-4-8-30)26-37(45-46-44)41(40)32-12-14-35(15-13-32)55-36-17-19-48(25-36)34-10-5-9-33(43)24-34/h2-5,7-16,23-24,36-37,40-41H,6,17-22,25-29H2,1H3/t36?,37-,40?,41?/m0/s1. The zero-order valence-corrected chi connectivity index (χ0v) is 31.0. The lowest BCUT2D eigenvalue weighted by Crippen LogP contribution is -2.53. The van der Waals surface area contributed by atoms with E-state index in [-0.39, 0.29) is 44.1 Å². The highest BCUT2D eigenvalue weighted by molar-refractivity contribution is 5.68. The minimum atomic E-state index is -0.623. The molecule has 3 unspecified atom stereocenters. The van der Waals surface area contributed by atoms with Crippen LogP contribution in [0.1, 0.15) is 35.4 Å². The molecule has 288 valence electrons. The average molecular weight is 751 g/mol. The fourth-order valence-electron chi connectivity index (χ4n) is 7.66. The molecule has 0 aromatic heterocycles. The molecule has 3 aliphatic rings. The number of rotatable bonds is 14. The number of piperidine rings is 1. The molecular weight excluding hydrogens is 703 g/mol. The first kappa shape index (κ1) is 37.8. The van der Waals surface area contributed by atoms with Crippen LogP contribution in [0.2, 0.25) is 0 Å². The molecule has 1 amide bonds. The number of methoxy groups -OCH3 is 1. The Morgan fingerprint density at radius 2 is 1.80 bits per heavy atom. The van der Waals surface area contributed by atoms with Crippen LogP contribution in [-0.4, -0.2) is 88.8 Å². The average Bonchev–Trinajstić information content (AvgIpc) is 3.68. The van der Waals surface area contributed by atoms with Gasteiger partial charge in [-0.2, -0.15) is 0 Å². The lowest BCUT2D eigenvalue weighted by atomic mass is 9.83. The highest BCUT2D eigenvalue weighted by atomic mass is 19.1. The Morgan fingerprint density at radius 3 is 2.60 bits per heavy atom. The molecule has 4 atom stereocenters. The molecule has 55 heavy (non-hydrogen) atoms. The van der Waals surface area contributed by atoms with Crippen molar-refractivity contribution >= 4 is 17.5 Å². The third-order valence-electron chi connectivity index (χ3n) is 10.4. The SMILES string of the molecule is COCCCN1CCOc2ccc(COC3CN(C(=O)OCc4ccccc4)C[C@H](N=[N+]=[N-])C3c3ccc(OC4CCN(c5cccc(F)c5)C4)cc3)cc21. The summed E-state index contributed by atoms with van der Waals surface area (Å²) in [6.07, 6.45) is 0.629. The van der Waals surface area contributed by atoms with Crippen molar-refractivity contribution in [1.82, 2.24) is 4.90 Å². The summed E-state index contributed by atoms with van der Waals surface area (Å²) < 4.78 is 43.9. The Hall–Kier alpha value is -5.49. The van der Waals surface area contributed by atoms with Crippen LogP contribution in [-0.2, 0) is 27.4 Å². The number of likely N-dealkylation sites (tertiary alicyclic amines) is 1. The van der Waals surface area contributed by atoms with Gasteiger partial charge in [0.25, 0.3) is 0 Å². The highest BCUT2D eigenvalue weighted by Gasteiger charge is 2.41. The maximum Gasteiger partial charge on any atom is 0.410 e. The zero-order chi connectivity index (χ0) is 38.0. The van der Waals surface area contributed by atoms with Crippen LogP contribution in [0.5, 0.6) is 11.5 Å². The van der Waals surface area contributed by atoms with Crippen molar-refractivity contribution in [3.05, 3.63) is 130 Å². The van der Waals surface area contributed by atoms with Crippen molar-refractivity contribution in [2.24, 2.45) is 5.11 Å². The van der Waals surface area contributed by atoms with Crippen molar-refractivity contribution in [3.8, 4) is 11.5 Å². The number of anilines is 2. The van der Waals surface area contributed by atoms with Gasteiger partial charge in [-0.3, -0.25) is 0 Å². The number of benzene rings is 4. The molecule has 0 radical (unpaired) electrons. The van der Waals surface area contributed by atoms with Gasteiger partial charge in [0.1, 0.15) is 36.6 Å². The normalized spacial score (nSPS) is 20.7. The molecule has 0 saturated carbocycles. The third kappa shape index (κ3) is 9.61. The van der Waals surface area contributed by atoms with Gasteiger partial charge < -0.3 is 38.4 Å². The summed E-state index contributed by atoms with van der Waals surface area (Å²) in [7, 11) is 1.71. The fraction of sp³-hybridized carbons (Fsp3) is 0.405. The van der Waals surface area contributed by atoms with Crippen molar-refractivity contribution < 1.29 is 32.9 Å². The van der Waals surface area contributed by atoms with E-state index in [1.54, 1.807) is 24.1 Å². The van der Waals surface area contributed by atoms with E-state index in [0.29, 0.717) is 25.5 Å². The molecule has 3 aliphatic heterocycles. The van der Waals surface area contributed by atoms with Gasteiger partial charge in [-0.25, -0.2) is 9.18 Å². The van der Waals surface area contributed by atoms with Crippen LogP contribution in [0.4, 0.5) is 20.6 Å². The Balaban J connectivity index is 1.08. The molecule has 13 heteroatoms. The first-order valence-electron chi connectivity index (χ1n) is 18.9. The summed E-state index contributed by atoms with van der Waals surface area (Å²) in [6.45, 7) is 5.15. The smallest absolute Gasteiger partial charge is 0.410 e. The molecule has 4 aromatic carbocycles. The van der Waals surface area contributed by atoms with Gasteiger partial charge in [0.2, 0.25) is 0 Å². The fourth-order valence-corrected chi connectivity index (χ4v) is 7.66. The number of carbonyl (C=O) groups excluding carboxylic acids is 1. The lowest BCUT2D eigenvalue weighted by Gasteiger charge is -2.41. The topological polar surface area (TPSA) is 122 Å². The van der Waals surface area contributed by atoms with Crippen molar-refractivity contribution in [1.29, 1.82) is 0 Å². The quantitative estimate of drug-likeness (QED) is 0.0556. The van der Waals surface area contributed by atoms with Crippen LogP contribution in [0.3, 0.4) is 0 Å². The molecular formula is C42H47FN6O6. The molecule has 0 N–H and O–H groups in total. The van der Waals surface area contributed by atoms with Gasteiger partial charge in [0.15, 0.2) is 0 Å². The van der Waals surface area contributed by atoms with E-state index < -0.39 is 18.2 Å². The molecule has 0 bridgehead atoms. The van der Waals surface area contributed by atoms with Crippen molar-refractivity contribution in [2.45, 2.75) is 50.2 Å². The zero-order valence-electron chi connectivity index (χ0n) is 31.0. The van der Waals surface area contributed by atoms with E-state index in [4.69, 9.17) is 23.7 Å². The molecule has 4 aromatic rings. The number of nitrogens with zero attached hydrogens (tertiary/aromatic N) is 6. The Bertz CT molecular complexity index is 1930. The molecule has 0 aliphatic carbocycles. The van der Waals surface area contributed by atoms with Crippen LogP contribution in [0.25, 0.3) is 10.4 Å². The predicted molar refractivity (Wildman–Crippen MR) is 207 cm³/mol. The number of fused-ring (bicyclic) bond motifs is 1. The number of ether oxygens (including phenoxy) is 5.